The summed E-state index contributed by atoms with van der Waals surface area (Å²) in [5.74, 6) is -0.150. The molecule has 1 atom stereocenters. The van der Waals surface area contributed by atoms with Gasteiger partial charge in [-0.1, -0.05) is 31.9 Å². The molecule has 30 heavy (non-hydrogen) atoms. The predicted octanol–water partition coefficient (Wildman–Crippen LogP) is 4.55. The van der Waals surface area contributed by atoms with E-state index in [0.29, 0.717) is 51.0 Å². The van der Waals surface area contributed by atoms with Crippen LogP contribution < -0.4 is 18.9 Å². The second kappa shape index (κ2) is 8.35. The second-order valence-corrected chi connectivity index (χ2v) is 8.35. The molecule has 158 valence electrons. The average Bonchev–Trinajstić information content (AvgIpc) is 3.32. The lowest BCUT2D eigenvalue weighted by molar-refractivity contribution is 0.0391. The molecule has 4 rings (SSSR count). The van der Waals surface area contributed by atoms with Gasteiger partial charge in [0.15, 0.2) is 23.0 Å². The van der Waals surface area contributed by atoms with Gasteiger partial charge in [-0.05, 0) is 36.6 Å². The Labute approximate surface area is 188 Å². The zero-order chi connectivity index (χ0) is 21.4. The topological polar surface area (TPSA) is 101 Å². The molecule has 0 spiro atoms. The van der Waals surface area contributed by atoms with Crippen LogP contribution in [-0.4, -0.2) is 37.2 Å². The first-order chi connectivity index (χ1) is 14.4. The van der Waals surface area contributed by atoms with E-state index in [9.17, 15) is 14.7 Å². The fraction of sp³-hybridized carbons (Fsp3) is 0.300. The highest BCUT2D eigenvalue weighted by Gasteiger charge is 2.31. The fourth-order valence-corrected chi connectivity index (χ4v) is 4.45. The SMILES string of the molecule is COC(=O)c1c(CCCC2Oc3cc(Br)cc(C(=O)O)c3O2)c(Br)cc2c1OCO2. The Morgan fingerprint density at radius 2 is 1.93 bits per heavy atom. The van der Waals surface area contributed by atoms with Crippen LogP contribution in [0.4, 0.5) is 0 Å². The molecule has 0 bridgehead atoms. The van der Waals surface area contributed by atoms with E-state index in [1.807, 2.05) is 0 Å². The van der Waals surface area contributed by atoms with Gasteiger partial charge in [0.2, 0.25) is 13.1 Å². The van der Waals surface area contributed by atoms with Crippen molar-refractivity contribution in [1.29, 1.82) is 0 Å². The van der Waals surface area contributed by atoms with Crippen molar-refractivity contribution < 1.29 is 38.4 Å². The van der Waals surface area contributed by atoms with E-state index in [-0.39, 0.29) is 18.1 Å². The molecule has 2 aliphatic rings. The summed E-state index contributed by atoms with van der Waals surface area (Å²) in [4.78, 5) is 23.8. The molecule has 1 N–H and O–H groups in total. The average molecular weight is 544 g/mol. The van der Waals surface area contributed by atoms with E-state index in [4.69, 9.17) is 23.7 Å². The van der Waals surface area contributed by atoms with Crippen LogP contribution in [0.25, 0.3) is 0 Å². The van der Waals surface area contributed by atoms with E-state index in [2.05, 4.69) is 31.9 Å². The molecule has 1 unspecified atom stereocenters. The number of ether oxygens (including phenoxy) is 5. The van der Waals surface area contributed by atoms with Crippen molar-refractivity contribution in [3.63, 3.8) is 0 Å². The van der Waals surface area contributed by atoms with Gasteiger partial charge in [-0.15, -0.1) is 0 Å². The third-order valence-corrected chi connectivity index (χ3v) is 5.90. The molecular weight excluding hydrogens is 528 g/mol. The molecule has 2 aromatic rings. The smallest absolute Gasteiger partial charge is 0.342 e. The summed E-state index contributed by atoms with van der Waals surface area (Å²) < 4.78 is 28.5. The molecule has 2 aromatic carbocycles. The van der Waals surface area contributed by atoms with Crippen LogP contribution in [0.2, 0.25) is 0 Å². The number of carbonyl (C=O) groups excluding carboxylic acids is 1. The van der Waals surface area contributed by atoms with Crippen molar-refractivity contribution in [3.05, 3.63) is 43.8 Å². The molecule has 0 fully saturated rings. The van der Waals surface area contributed by atoms with E-state index >= 15 is 0 Å². The van der Waals surface area contributed by atoms with Gasteiger partial charge in [0, 0.05) is 15.4 Å². The van der Waals surface area contributed by atoms with Crippen LogP contribution in [0, 0.1) is 0 Å². The van der Waals surface area contributed by atoms with Crippen LogP contribution in [0.1, 0.15) is 39.1 Å². The number of carbonyl (C=O) groups is 2. The number of hydrogen-bond donors (Lipinski definition) is 1. The van der Waals surface area contributed by atoms with Crippen molar-refractivity contribution >= 4 is 43.8 Å². The Kier molecular flexibility index (Phi) is 5.79. The molecule has 10 heteroatoms. The molecule has 2 aliphatic heterocycles. The maximum atomic E-state index is 12.4. The Hall–Kier alpha value is -2.46. The van der Waals surface area contributed by atoms with E-state index < -0.39 is 18.2 Å². The predicted molar refractivity (Wildman–Crippen MR) is 111 cm³/mol. The number of rotatable bonds is 6. The number of carboxylic acids is 1. The fourth-order valence-electron chi connectivity index (χ4n) is 3.41. The Morgan fingerprint density at radius 1 is 1.13 bits per heavy atom. The van der Waals surface area contributed by atoms with Gasteiger partial charge in [-0.2, -0.15) is 0 Å². The van der Waals surface area contributed by atoms with E-state index in [1.165, 1.54) is 13.2 Å². The lowest BCUT2D eigenvalue weighted by atomic mass is 10.00. The van der Waals surface area contributed by atoms with Crippen molar-refractivity contribution in [1.82, 2.24) is 0 Å². The van der Waals surface area contributed by atoms with Gasteiger partial charge in [0.1, 0.15) is 11.1 Å². The number of fused-ring (bicyclic) bond motifs is 2. The monoisotopic (exact) mass is 542 g/mol. The highest BCUT2D eigenvalue weighted by Crippen LogP contribution is 2.43. The standard InChI is InChI=1S/C20H16Br2O8/c1-26-20(25)16-10(12(22)7-13-18(16)28-8-27-13)3-2-4-15-29-14-6-9(21)5-11(19(23)24)17(14)30-15/h5-7,15H,2-4,8H2,1H3,(H,23,24). The maximum absolute atomic E-state index is 12.4. The Balaban J connectivity index is 1.49. The summed E-state index contributed by atoms with van der Waals surface area (Å²) in [6, 6.07) is 4.91. The number of halogens is 2. The van der Waals surface area contributed by atoms with Gasteiger partial charge in [-0.25, -0.2) is 9.59 Å². The molecule has 0 radical (unpaired) electrons. The number of esters is 1. The highest BCUT2D eigenvalue weighted by molar-refractivity contribution is 9.10. The van der Waals surface area contributed by atoms with Crippen molar-refractivity contribution in [2.24, 2.45) is 0 Å². The number of benzene rings is 2. The number of methoxy groups -OCH3 is 1. The van der Waals surface area contributed by atoms with Crippen molar-refractivity contribution in [2.45, 2.75) is 25.6 Å². The minimum Gasteiger partial charge on any atom is -0.478 e. The summed E-state index contributed by atoms with van der Waals surface area (Å²) in [7, 11) is 1.31. The van der Waals surface area contributed by atoms with Crippen molar-refractivity contribution in [3.8, 4) is 23.0 Å². The molecular formula is C20H16Br2O8. The lowest BCUT2D eigenvalue weighted by Crippen LogP contribution is -2.18. The van der Waals surface area contributed by atoms with E-state index in [1.54, 1.807) is 12.1 Å². The first kappa shape index (κ1) is 20.8. The third-order valence-electron chi connectivity index (χ3n) is 4.73. The van der Waals surface area contributed by atoms with Crippen LogP contribution in [0.3, 0.4) is 0 Å². The normalized spacial score (nSPS) is 15.9. The van der Waals surface area contributed by atoms with Gasteiger partial charge < -0.3 is 28.8 Å². The quantitative estimate of drug-likeness (QED) is 0.530. The molecule has 0 saturated carbocycles. The van der Waals surface area contributed by atoms with Crippen LogP contribution >= 0.6 is 31.9 Å². The molecule has 0 saturated heterocycles. The van der Waals surface area contributed by atoms with E-state index in [0.717, 1.165) is 5.56 Å². The number of carboxylic acid groups (broad SMARTS) is 1. The van der Waals surface area contributed by atoms with Crippen LogP contribution in [0.5, 0.6) is 23.0 Å². The summed E-state index contributed by atoms with van der Waals surface area (Å²) in [5.41, 5.74) is 1.09. The zero-order valence-electron chi connectivity index (χ0n) is 15.7. The lowest BCUT2D eigenvalue weighted by Gasteiger charge is -2.14. The second-order valence-electron chi connectivity index (χ2n) is 6.58. The zero-order valence-corrected chi connectivity index (χ0v) is 18.9. The first-order valence-corrected chi connectivity index (χ1v) is 10.6. The molecule has 2 heterocycles. The summed E-state index contributed by atoms with van der Waals surface area (Å²) in [5, 5.41) is 9.37. The van der Waals surface area contributed by atoms with Gasteiger partial charge in [0.25, 0.3) is 0 Å². The largest absolute Gasteiger partial charge is 0.478 e. The van der Waals surface area contributed by atoms with Gasteiger partial charge in [-0.3, -0.25) is 0 Å². The first-order valence-electron chi connectivity index (χ1n) is 8.98. The van der Waals surface area contributed by atoms with Gasteiger partial charge in [0.05, 0.1) is 7.11 Å². The Bertz CT molecular complexity index is 1040. The maximum Gasteiger partial charge on any atom is 0.342 e. The molecule has 8 nitrogen and oxygen atoms in total. The molecule has 0 aliphatic carbocycles. The number of aromatic carboxylic acids is 1. The van der Waals surface area contributed by atoms with Crippen LogP contribution in [0.15, 0.2) is 27.1 Å². The minimum absolute atomic E-state index is 0.0355. The van der Waals surface area contributed by atoms with Crippen molar-refractivity contribution in [2.75, 3.05) is 13.9 Å². The summed E-state index contributed by atoms with van der Waals surface area (Å²) in [6.07, 6.45) is 0.968. The molecule has 0 amide bonds. The summed E-state index contributed by atoms with van der Waals surface area (Å²) in [6.45, 7) is 0.0404. The number of hydrogen-bond acceptors (Lipinski definition) is 7. The van der Waals surface area contributed by atoms with Crippen LogP contribution in [-0.2, 0) is 11.2 Å². The minimum atomic E-state index is -1.09. The van der Waals surface area contributed by atoms with Gasteiger partial charge >= 0.3 is 11.9 Å². The molecule has 0 aromatic heterocycles. The summed E-state index contributed by atoms with van der Waals surface area (Å²) >= 11 is 6.77. The highest BCUT2D eigenvalue weighted by atomic mass is 79.9. The Morgan fingerprint density at radius 3 is 2.67 bits per heavy atom. The third kappa shape index (κ3) is 3.81.